The topological polar surface area (TPSA) is 83.9 Å². The highest BCUT2D eigenvalue weighted by molar-refractivity contribution is 8.26. The van der Waals surface area contributed by atoms with Crippen LogP contribution in [0, 0.1) is 0 Å². The quantitative estimate of drug-likeness (QED) is 0.494. The number of hydrogen-bond donors (Lipinski definition) is 1. The van der Waals surface area contributed by atoms with Gasteiger partial charge in [0, 0.05) is 6.54 Å². The predicted molar refractivity (Wildman–Crippen MR) is 89.9 cm³/mol. The molecule has 0 saturated carbocycles. The monoisotopic (exact) mass is 351 g/mol. The Morgan fingerprint density at radius 1 is 1.35 bits per heavy atom. The summed E-state index contributed by atoms with van der Waals surface area (Å²) in [6, 6.07) is 6.16. The van der Waals surface area contributed by atoms with Crippen LogP contribution in [-0.2, 0) is 14.3 Å². The Morgan fingerprint density at radius 2 is 2.00 bits per heavy atom. The first-order chi connectivity index (χ1) is 10.9. The maximum Gasteiger partial charge on any atom is 0.335 e. The first kappa shape index (κ1) is 17.2. The van der Waals surface area contributed by atoms with E-state index in [0.29, 0.717) is 14.8 Å². The van der Waals surface area contributed by atoms with Crippen molar-refractivity contribution in [3.05, 3.63) is 40.3 Å². The number of ether oxygens (including phenoxy) is 1. The van der Waals surface area contributed by atoms with Crippen LogP contribution in [0.1, 0.15) is 22.3 Å². The van der Waals surface area contributed by atoms with Crippen molar-refractivity contribution in [2.24, 2.45) is 0 Å². The Hall–Kier alpha value is -2.19. The molecule has 6 nitrogen and oxygen atoms in total. The van der Waals surface area contributed by atoms with Crippen molar-refractivity contribution in [2.45, 2.75) is 6.42 Å². The summed E-state index contributed by atoms with van der Waals surface area (Å²) in [5, 5.41) is 8.86. The zero-order valence-electron chi connectivity index (χ0n) is 12.1. The van der Waals surface area contributed by atoms with Gasteiger partial charge >= 0.3 is 11.9 Å². The number of nitrogens with zero attached hydrogens (tertiary/aromatic N) is 1. The molecule has 23 heavy (non-hydrogen) atoms. The van der Waals surface area contributed by atoms with Gasteiger partial charge < -0.3 is 9.84 Å². The molecular formula is C15H13NO5S2. The van der Waals surface area contributed by atoms with Gasteiger partial charge in [-0.3, -0.25) is 14.5 Å². The SMILES string of the molecule is COC(=O)CCN1C(=O)/C(=C/c2ccc(C(=O)O)cc2)SC1=S. The van der Waals surface area contributed by atoms with E-state index in [1.54, 1.807) is 18.2 Å². The highest BCUT2D eigenvalue weighted by atomic mass is 32.2. The number of carbonyl (C=O) groups is 3. The second-order valence-corrected chi connectivity index (χ2v) is 6.26. The van der Waals surface area contributed by atoms with E-state index >= 15 is 0 Å². The number of benzene rings is 1. The molecule has 0 aromatic heterocycles. The van der Waals surface area contributed by atoms with Crippen molar-refractivity contribution in [3.8, 4) is 0 Å². The van der Waals surface area contributed by atoms with E-state index in [-0.39, 0.29) is 24.4 Å². The number of carbonyl (C=O) groups excluding carboxylic acids is 2. The molecule has 8 heteroatoms. The van der Waals surface area contributed by atoms with E-state index < -0.39 is 11.9 Å². The van der Waals surface area contributed by atoms with Gasteiger partial charge in [0.2, 0.25) is 0 Å². The molecule has 1 aliphatic heterocycles. The molecule has 0 bridgehead atoms. The van der Waals surface area contributed by atoms with Gasteiger partial charge in [0.1, 0.15) is 4.32 Å². The Balaban J connectivity index is 2.11. The molecule has 1 aromatic carbocycles. The number of methoxy groups -OCH3 is 1. The van der Waals surface area contributed by atoms with Crippen molar-refractivity contribution in [2.75, 3.05) is 13.7 Å². The molecule has 0 unspecified atom stereocenters. The van der Waals surface area contributed by atoms with Crippen molar-refractivity contribution in [1.82, 2.24) is 4.90 Å². The highest BCUT2D eigenvalue weighted by Crippen LogP contribution is 2.32. The fraction of sp³-hybridized carbons (Fsp3) is 0.200. The summed E-state index contributed by atoms with van der Waals surface area (Å²) < 4.78 is 4.93. The third-order valence-corrected chi connectivity index (χ3v) is 4.47. The summed E-state index contributed by atoms with van der Waals surface area (Å²) in [6.07, 6.45) is 1.71. The number of amides is 1. The van der Waals surface area contributed by atoms with Gasteiger partial charge in [-0.25, -0.2) is 4.79 Å². The normalized spacial score (nSPS) is 16.0. The van der Waals surface area contributed by atoms with E-state index in [1.807, 2.05) is 0 Å². The van der Waals surface area contributed by atoms with Crippen molar-refractivity contribution in [3.63, 3.8) is 0 Å². The minimum atomic E-state index is -1.01. The smallest absolute Gasteiger partial charge is 0.335 e. The summed E-state index contributed by atoms with van der Waals surface area (Å²) in [6.45, 7) is 0.173. The molecule has 0 atom stereocenters. The second kappa shape index (κ2) is 7.38. The molecule has 1 N–H and O–H groups in total. The van der Waals surface area contributed by atoms with Crippen LogP contribution in [0.5, 0.6) is 0 Å². The van der Waals surface area contributed by atoms with Crippen LogP contribution in [0.2, 0.25) is 0 Å². The number of esters is 1. The standard InChI is InChI=1S/C15H13NO5S2/c1-21-12(17)6-7-16-13(18)11(23-15(16)22)8-9-2-4-10(5-3-9)14(19)20/h2-5,8H,6-7H2,1H3,(H,19,20)/b11-8-. The average molecular weight is 351 g/mol. The van der Waals surface area contributed by atoms with Crippen LogP contribution in [0.3, 0.4) is 0 Å². The molecule has 0 aliphatic carbocycles. The lowest BCUT2D eigenvalue weighted by Gasteiger charge is -2.12. The molecule has 1 fully saturated rings. The Bertz CT molecular complexity index is 696. The molecular weight excluding hydrogens is 338 g/mol. The lowest BCUT2D eigenvalue weighted by Crippen LogP contribution is -2.30. The fourth-order valence-corrected chi connectivity index (χ4v) is 3.18. The first-order valence-electron chi connectivity index (χ1n) is 6.58. The van der Waals surface area contributed by atoms with Gasteiger partial charge in [-0.2, -0.15) is 0 Å². The number of thioether (sulfide) groups is 1. The number of aromatic carboxylic acids is 1. The first-order valence-corrected chi connectivity index (χ1v) is 7.80. The third-order valence-electron chi connectivity index (χ3n) is 3.10. The van der Waals surface area contributed by atoms with Crippen LogP contribution in [-0.4, -0.2) is 45.8 Å². The minimum Gasteiger partial charge on any atom is -0.478 e. The van der Waals surface area contributed by atoms with E-state index in [4.69, 9.17) is 17.3 Å². The maximum absolute atomic E-state index is 12.3. The molecule has 0 radical (unpaired) electrons. The molecule has 120 valence electrons. The largest absolute Gasteiger partial charge is 0.478 e. The van der Waals surface area contributed by atoms with Gasteiger partial charge in [-0.05, 0) is 23.8 Å². The molecule has 0 spiro atoms. The van der Waals surface area contributed by atoms with Crippen molar-refractivity contribution >= 4 is 52.2 Å². The summed E-state index contributed by atoms with van der Waals surface area (Å²) >= 11 is 6.30. The van der Waals surface area contributed by atoms with Gasteiger partial charge in [0.15, 0.2) is 0 Å². The summed E-state index contributed by atoms with van der Waals surface area (Å²) in [5.41, 5.74) is 0.872. The number of carboxylic acids is 1. The highest BCUT2D eigenvalue weighted by Gasteiger charge is 2.32. The summed E-state index contributed by atoms with van der Waals surface area (Å²) in [7, 11) is 1.29. The van der Waals surface area contributed by atoms with Gasteiger partial charge in [-0.1, -0.05) is 36.1 Å². The summed E-state index contributed by atoms with van der Waals surface area (Å²) in [5.74, 6) is -1.69. The van der Waals surface area contributed by atoms with Crippen LogP contribution >= 0.6 is 24.0 Å². The Kier molecular flexibility index (Phi) is 5.51. The molecule has 2 rings (SSSR count). The number of hydrogen-bond acceptors (Lipinski definition) is 6. The average Bonchev–Trinajstić information content (AvgIpc) is 2.79. The Morgan fingerprint density at radius 3 is 2.57 bits per heavy atom. The maximum atomic E-state index is 12.3. The van der Waals surface area contributed by atoms with E-state index in [9.17, 15) is 14.4 Å². The summed E-state index contributed by atoms with van der Waals surface area (Å²) in [4.78, 5) is 36.1. The molecule has 1 amide bonds. The lowest BCUT2D eigenvalue weighted by molar-refractivity contribution is -0.140. The zero-order chi connectivity index (χ0) is 17.0. The van der Waals surface area contributed by atoms with E-state index in [1.165, 1.54) is 24.1 Å². The molecule has 1 heterocycles. The van der Waals surface area contributed by atoms with Crippen LogP contribution in [0.25, 0.3) is 6.08 Å². The number of rotatable bonds is 5. The van der Waals surface area contributed by atoms with E-state index in [2.05, 4.69) is 4.74 Å². The minimum absolute atomic E-state index is 0.0729. The Labute approximate surface area is 142 Å². The van der Waals surface area contributed by atoms with Crippen LogP contribution < -0.4 is 0 Å². The predicted octanol–water partition coefficient (Wildman–Crippen LogP) is 2.15. The van der Waals surface area contributed by atoms with Crippen LogP contribution in [0.4, 0.5) is 0 Å². The van der Waals surface area contributed by atoms with Crippen LogP contribution in [0.15, 0.2) is 29.2 Å². The zero-order valence-corrected chi connectivity index (χ0v) is 13.8. The van der Waals surface area contributed by atoms with E-state index in [0.717, 1.165) is 11.8 Å². The third kappa shape index (κ3) is 4.17. The van der Waals surface area contributed by atoms with Gasteiger partial charge in [0.25, 0.3) is 5.91 Å². The van der Waals surface area contributed by atoms with Gasteiger partial charge in [-0.15, -0.1) is 0 Å². The lowest BCUT2D eigenvalue weighted by atomic mass is 10.1. The number of carboxylic acid groups (broad SMARTS) is 1. The fourth-order valence-electron chi connectivity index (χ4n) is 1.87. The van der Waals surface area contributed by atoms with Crippen molar-refractivity contribution in [1.29, 1.82) is 0 Å². The number of thiocarbonyl (C=S) groups is 1. The molecule has 1 aromatic rings. The van der Waals surface area contributed by atoms with Gasteiger partial charge in [0.05, 0.1) is 24.0 Å². The second-order valence-electron chi connectivity index (χ2n) is 4.59. The van der Waals surface area contributed by atoms with Crippen molar-refractivity contribution < 1.29 is 24.2 Å². The molecule has 1 saturated heterocycles. The molecule has 1 aliphatic rings.